The van der Waals surface area contributed by atoms with Crippen molar-refractivity contribution in [1.29, 1.82) is 0 Å². The monoisotopic (exact) mass is 843 g/mol. The first-order chi connectivity index (χ1) is 23.9. The van der Waals surface area contributed by atoms with Crippen molar-refractivity contribution in [2.75, 3.05) is 0 Å². The zero-order valence-corrected chi connectivity index (χ0v) is 31.0. The van der Waals surface area contributed by atoms with Gasteiger partial charge in [0.2, 0.25) is 0 Å². The van der Waals surface area contributed by atoms with Gasteiger partial charge in [-0.1, -0.05) is 79.1 Å². The summed E-state index contributed by atoms with van der Waals surface area (Å²) in [5, 5.41) is 7.60. The first-order valence-corrected chi connectivity index (χ1v) is 19.8. The molecule has 0 bridgehead atoms. The van der Waals surface area contributed by atoms with E-state index in [-0.39, 0.29) is 20.1 Å². The number of pyridine rings is 2. The molecule has 5 aromatic heterocycles. The van der Waals surface area contributed by atoms with Crippen LogP contribution in [0.3, 0.4) is 0 Å². The first kappa shape index (κ1) is 31.9. The number of hydrogen-bond acceptors (Lipinski definition) is 5. The van der Waals surface area contributed by atoms with Gasteiger partial charge in [0.05, 0.1) is 19.0 Å². The number of furan rings is 3. The summed E-state index contributed by atoms with van der Waals surface area (Å²) in [7, 11) is -1.57. The van der Waals surface area contributed by atoms with Crippen LogP contribution in [-0.4, -0.2) is 18.0 Å². The Morgan fingerprint density at radius 1 is 0.540 bits per heavy atom. The van der Waals surface area contributed by atoms with Gasteiger partial charge in [-0.15, -0.1) is 54.1 Å². The van der Waals surface area contributed by atoms with E-state index in [1.54, 1.807) is 6.20 Å². The van der Waals surface area contributed by atoms with Crippen LogP contribution in [0.4, 0.5) is 0 Å². The molecule has 10 aromatic rings. The molecule has 0 N–H and O–H groups in total. The van der Waals surface area contributed by atoms with Crippen LogP contribution in [-0.2, 0) is 20.1 Å². The molecule has 0 aliphatic carbocycles. The van der Waals surface area contributed by atoms with Gasteiger partial charge >= 0.3 is 0 Å². The molecule has 0 saturated heterocycles. The van der Waals surface area contributed by atoms with Crippen molar-refractivity contribution in [3.63, 3.8) is 0 Å². The second-order valence-corrected chi connectivity index (χ2v) is 18.2. The Hall–Kier alpha value is -5.33. The molecule has 50 heavy (non-hydrogen) atoms. The summed E-state index contributed by atoms with van der Waals surface area (Å²) >= 11 is 0. The maximum absolute atomic E-state index is 6.60. The second-order valence-electron chi connectivity index (χ2n) is 13.2. The maximum atomic E-state index is 6.60. The van der Waals surface area contributed by atoms with Crippen molar-refractivity contribution in [2.24, 2.45) is 0 Å². The van der Waals surface area contributed by atoms with Gasteiger partial charge in [-0.05, 0) is 46.9 Å². The van der Waals surface area contributed by atoms with E-state index >= 15 is 0 Å². The van der Waals surface area contributed by atoms with Crippen LogP contribution in [0, 0.1) is 12.1 Å². The minimum atomic E-state index is -1.57. The quantitative estimate of drug-likeness (QED) is 0.131. The fourth-order valence-corrected chi connectivity index (χ4v) is 8.16. The molecule has 0 aliphatic rings. The molecule has 0 unspecified atom stereocenters. The summed E-state index contributed by atoms with van der Waals surface area (Å²) in [6.45, 7) is 7.03. The van der Waals surface area contributed by atoms with E-state index in [0.717, 1.165) is 88.3 Å². The van der Waals surface area contributed by atoms with E-state index in [2.05, 4.69) is 73.2 Å². The molecular formula is C43H30IrN2O3Si-2. The molecule has 0 atom stereocenters. The van der Waals surface area contributed by atoms with E-state index in [1.165, 1.54) is 5.19 Å². The Balaban J connectivity index is 0.000000236. The summed E-state index contributed by atoms with van der Waals surface area (Å²) in [5.41, 5.74) is 8.68. The van der Waals surface area contributed by atoms with Crippen LogP contribution >= 0.6 is 0 Å². The van der Waals surface area contributed by atoms with Crippen LogP contribution in [0.15, 0.2) is 141 Å². The van der Waals surface area contributed by atoms with Crippen molar-refractivity contribution >= 4 is 79.1 Å². The van der Waals surface area contributed by atoms with E-state index in [1.807, 2.05) is 85.1 Å². The molecule has 0 aliphatic heterocycles. The van der Waals surface area contributed by atoms with Crippen LogP contribution < -0.4 is 5.19 Å². The van der Waals surface area contributed by atoms with Crippen LogP contribution in [0.25, 0.3) is 88.3 Å². The van der Waals surface area contributed by atoms with Crippen molar-refractivity contribution in [3.8, 4) is 22.5 Å². The van der Waals surface area contributed by atoms with Gasteiger partial charge in [-0.25, -0.2) is 0 Å². The smallest absolute Gasteiger partial charge is 0.139 e. The van der Waals surface area contributed by atoms with Crippen LogP contribution in [0.5, 0.6) is 0 Å². The summed E-state index contributed by atoms with van der Waals surface area (Å²) in [6.07, 6.45) is 3.71. The van der Waals surface area contributed by atoms with Gasteiger partial charge in [-0.3, -0.25) is 0 Å². The standard InChI is InChI=1S/C32H22NO3Si.C11H8N.Ir/c1-37(2,3)28-13-7-10-19-23-17-33-24(16-27(23)35-31(19)28)21-11-6-9-18-20-14-15-26-29(32(20)36-30(18)21)22-8-4-5-12-25(22)34-26;1-2-6-10(7-3-1)11-8-4-5-9-12-11;/h4-10,12-17H,1-3H3;1-6,8-9H;/q2*-1;. The Labute approximate surface area is 302 Å². The predicted octanol–water partition coefficient (Wildman–Crippen LogP) is 11.3. The molecule has 0 fully saturated rings. The molecule has 5 aromatic carbocycles. The topological polar surface area (TPSA) is 65.2 Å². The van der Waals surface area contributed by atoms with Gasteiger partial charge in [0.25, 0.3) is 0 Å². The van der Waals surface area contributed by atoms with Crippen LogP contribution in [0.2, 0.25) is 19.6 Å². The fraction of sp³-hybridized carbons (Fsp3) is 0.0698. The van der Waals surface area contributed by atoms with Crippen molar-refractivity contribution < 1.29 is 33.4 Å². The Morgan fingerprint density at radius 3 is 2.16 bits per heavy atom. The van der Waals surface area contributed by atoms with Crippen molar-refractivity contribution in [1.82, 2.24) is 9.97 Å². The van der Waals surface area contributed by atoms with Gasteiger partial charge in [0.15, 0.2) is 0 Å². The maximum Gasteiger partial charge on any atom is 0.139 e. The normalized spacial score (nSPS) is 11.7. The number of benzene rings is 5. The number of hydrogen-bond donors (Lipinski definition) is 0. The second kappa shape index (κ2) is 12.5. The van der Waals surface area contributed by atoms with E-state index in [4.69, 9.17) is 18.2 Å². The number of fused-ring (bicyclic) bond motifs is 10. The average Bonchev–Trinajstić information content (AvgIpc) is 3.83. The predicted molar refractivity (Wildman–Crippen MR) is 202 cm³/mol. The Morgan fingerprint density at radius 2 is 1.34 bits per heavy atom. The molecular weight excluding hydrogens is 813 g/mol. The minimum absolute atomic E-state index is 0. The van der Waals surface area contributed by atoms with E-state index < -0.39 is 8.07 Å². The summed E-state index contributed by atoms with van der Waals surface area (Å²) in [4.78, 5) is 9.07. The number of para-hydroxylation sites is 2. The summed E-state index contributed by atoms with van der Waals surface area (Å²) in [5.74, 6) is 0. The van der Waals surface area contributed by atoms with E-state index in [9.17, 15) is 0 Å². The molecule has 245 valence electrons. The Bertz CT molecular complexity index is 2780. The molecule has 0 saturated carbocycles. The summed E-state index contributed by atoms with van der Waals surface area (Å²) in [6, 6.07) is 44.8. The first-order valence-electron chi connectivity index (χ1n) is 16.3. The van der Waals surface area contributed by atoms with Crippen LogP contribution in [0.1, 0.15) is 0 Å². The Kier molecular flexibility index (Phi) is 7.99. The largest absolute Gasteiger partial charge is 0.500 e. The van der Waals surface area contributed by atoms with Crippen molar-refractivity contribution in [2.45, 2.75) is 19.6 Å². The molecule has 7 heteroatoms. The van der Waals surface area contributed by atoms with E-state index in [0.29, 0.717) is 0 Å². The molecule has 5 nitrogen and oxygen atoms in total. The number of nitrogens with zero attached hydrogens (tertiary/aromatic N) is 2. The molecule has 10 rings (SSSR count). The molecule has 5 heterocycles. The zero-order chi connectivity index (χ0) is 33.1. The third kappa shape index (κ3) is 5.35. The third-order valence-corrected chi connectivity index (χ3v) is 11.0. The fourth-order valence-electron chi connectivity index (χ4n) is 6.69. The average molecular weight is 843 g/mol. The number of rotatable bonds is 3. The van der Waals surface area contributed by atoms with Crippen molar-refractivity contribution in [3.05, 3.63) is 140 Å². The van der Waals surface area contributed by atoms with Gasteiger partial charge in [0, 0.05) is 54.0 Å². The van der Waals surface area contributed by atoms with Gasteiger partial charge in [-0.2, -0.15) is 0 Å². The number of aromatic nitrogens is 2. The van der Waals surface area contributed by atoms with Gasteiger partial charge in [0.1, 0.15) is 27.9 Å². The minimum Gasteiger partial charge on any atom is -0.500 e. The summed E-state index contributed by atoms with van der Waals surface area (Å²) < 4.78 is 19.2. The molecule has 0 amide bonds. The third-order valence-electron chi connectivity index (χ3n) is 9.04. The van der Waals surface area contributed by atoms with Gasteiger partial charge < -0.3 is 23.2 Å². The zero-order valence-electron chi connectivity index (χ0n) is 27.6. The molecule has 0 spiro atoms. The SMILES string of the molecule is C[Si](C)(C)c1cccc2c1oc1cc(-c3[c-]ccc4c3oc3c4ccc4oc5ccccc5c43)ncc12.[Ir].[c-]1ccccc1-c1ccccn1. The molecule has 1 radical (unpaired) electrons.